The average molecular weight is 245 g/mol. The Morgan fingerprint density at radius 1 is 1.44 bits per heavy atom. The lowest BCUT2D eigenvalue weighted by Gasteiger charge is -2.22. The predicted octanol–water partition coefficient (Wildman–Crippen LogP) is 0.960. The second-order valence-corrected chi connectivity index (χ2v) is 4.64. The SMILES string of the molecule is Nc1ccc2[nH]c3c(c2c1)C(CCO)CNC3=O. The lowest BCUT2D eigenvalue weighted by molar-refractivity contribution is 0.0933. The summed E-state index contributed by atoms with van der Waals surface area (Å²) in [5.41, 5.74) is 8.98. The number of nitrogens with two attached hydrogens (primary N) is 1. The van der Waals surface area contributed by atoms with E-state index in [1.807, 2.05) is 18.2 Å². The first-order chi connectivity index (χ1) is 8.70. The molecule has 1 atom stereocenters. The van der Waals surface area contributed by atoms with Crippen LogP contribution in [0.5, 0.6) is 0 Å². The van der Waals surface area contributed by atoms with Gasteiger partial charge in [-0.05, 0) is 30.2 Å². The van der Waals surface area contributed by atoms with Gasteiger partial charge >= 0.3 is 0 Å². The maximum absolute atomic E-state index is 11.9. The highest BCUT2D eigenvalue weighted by Gasteiger charge is 2.28. The minimum absolute atomic E-state index is 0.0889. The van der Waals surface area contributed by atoms with Crippen molar-refractivity contribution in [3.8, 4) is 0 Å². The number of aliphatic hydroxyl groups is 1. The molecule has 0 saturated carbocycles. The number of aromatic nitrogens is 1. The molecule has 0 radical (unpaired) electrons. The van der Waals surface area contributed by atoms with Crippen LogP contribution in [0.1, 0.15) is 28.4 Å². The van der Waals surface area contributed by atoms with Crippen molar-refractivity contribution in [2.45, 2.75) is 12.3 Å². The van der Waals surface area contributed by atoms with Crippen LogP contribution in [-0.2, 0) is 0 Å². The van der Waals surface area contributed by atoms with Gasteiger partial charge in [0.05, 0.1) is 0 Å². The van der Waals surface area contributed by atoms with Crippen molar-refractivity contribution in [2.75, 3.05) is 18.9 Å². The molecule has 0 fully saturated rings. The van der Waals surface area contributed by atoms with E-state index in [-0.39, 0.29) is 18.4 Å². The molecule has 0 saturated heterocycles. The van der Waals surface area contributed by atoms with Gasteiger partial charge in [-0.2, -0.15) is 0 Å². The van der Waals surface area contributed by atoms with Crippen LogP contribution in [-0.4, -0.2) is 29.1 Å². The number of anilines is 1. The third-order valence-corrected chi connectivity index (χ3v) is 3.48. The molecule has 1 aromatic heterocycles. The van der Waals surface area contributed by atoms with Crippen LogP contribution in [0.25, 0.3) is 10.9 Å². The standard InChI is InChI=1S/C13H15N3O2/c14-8-1-2-10-9(5-8)11-7(3-4-17)6-15-13(18)12(11)16-10/h1-2,5,7,16-17H,3-4,6,14H2,(H,15,18). The van der Waals surface area contributed by atoms with E-state index in [1.165, 1.54) is 0 Å². The molecule has 1 aliphatic heterocycles. The molecule has 5 N–H and O–H groups in total. The summed E-state index contributed by atoms with van der Waals surface area (Å²) in [6, 6.07) is 5.57. The maximum Gasteiger partial charge on any atom is 0.268 e. The van der Waals surface area contributed by atoms with Crippen LogP contribution >= 0.6 is 0 Å². The van der Waals surface area contributed by atoms with E-state index in [1.54, 1.807) is 0 Å². The molecule has 0 aliphatic carbocycles. The number of rotatable bonds is 2. The molecule has 0 spiro atoms. The summed E-state index contributed by atoms with van der Waals surface area (Å²) in [6.45, 7) is 0.670. The van der Waals surface area contributed by atoms with E-state index in [4.69, 9.17) is 10.8 Å². The Balaban J connectivity index is 2.24. The second kappa shape index (κ2) is 4.03. The van der Waals surface area contributed by atoms with Crippen molar-refractivity contribution >= 4 is 22.5 Å². The molecule has 1 amide bonds. The van der Waals surface area contributed by atoms with Crippen LogP contribution in [0, 0.1) is 0 Å². The Kier molecular flexibility index (Phi) is 2.48. The summed E-state index contributed by atoms with van der Waals surface area (Å²) >= 11 is 0. The quantitative estimate of drug-likeness (QED) is 0.594. The van der Waals surface area contributed by atoms with Crippen LogP contribution in [0.3, 0.4) is 0 Å². The molecule has 1 unspecified atom stereocenters. The van der Waals surface area contributed by atoms with Gasteiger partial charge in [0.15, 0.2) is 0 Å². The average Bonchev–Trinajstić information content (AvgIpc) is 2.73. The van der Waals surface area contributed by atoms with Gasteiger partial charge in [-0.25, -0.2) is 0 Å². The molecule has 94 valence electrons. The van der Waals surface area contributed by atoms with Gasteiger partial charge in [-0.15, -0.1) is 0 Å². The van der Waals surface area contributed by atoms with Crippen molar-refractivity contribution in [2.24, 2.45) is 0 Å². The van der Waals surface area contributed by atoms with Gasteiger partial charge in [0.2, 0.25) is 0 Å². The summed E-state index contributed by atoms with van der Waals surface area (Å²) in [5.74, 6) is 0.0483. The van der Waals surface area contributed by atoms with Crippen molar-refractivity contribution in [1.82, 2.24) is 10.3 Å². The van der Waals surface area contributed by atoms with Gasteiger partial charge in [0.1, 0.15) is 5.69 Å². The Morgan fingerprint density at radius 2 is 2.28 bits per heavy atom. The van der Waals surface area contributed by atoms with E-state index in [9.17, 15) is 4.79 Å². The van der Waals surface area contributed by atoms with Gasteiger partial charge in [-0.3, -0.25) is 4.79 Å². The Morgan fingerprint density at radius 3 is 3.06 bits per heavy atom. The predicted molar refractivity (Wildman–Crippen MR) is 69.5 cm³/mol. The first-order valence-electron chi connectivity index (χ1n) is 6.01. The van der Waals surface area contributed by atoms with E-state index in [2.05, 4.69) is 10.3 Å². The van der Waals surface area contributed by atoms with Gasteiger partial charge < -0.3 is 21.1 Å². The fraction of sp³-hybridized carbons (Fsp3) is 0.308. The fourth-order valence-corrected chi connectivity index (χ4v) is 2.64. The third kappa shape index (κ3) is 1.55. The minimum atomic E-state index is -0.0889. The third-order valence-electron chi connectivity index (χ3n) is 3.48. The first-order valence-corrected chi connectivity index (χ1v) is 6.01. The molecular weight excluding hydrogens is 230 g/mol. The smallest absolute Gasteiger partial charge is 0.268 e. The number of aliphatic hydroxyl groups excluding tert-OH is 1. The molecule has 5 heteroatoms. The molecule has 18 heavy (non-hydrogen) atoms. The zero-order valence-electron chi connectivity index (χ0n) is 9.86. The van der Waals surface area contributed by atoms with Gasteiger partial charge in [0, 0.05) is 35.7 Å². The fourth-order valence-electron chi connectivity index (χ4n) is 2.64. The number of fused-ring (bicyclic) bond motifs is 3. The van der Waals surface area contributed by atoms with Crippen LogP contribution < -0.4 is 11.1 Å². The van der Waals surface area contributed by atoms with Crippen molar-refractivity contribution in [1.29, 1.82) is 0 Å². The summed E-state index contributed by atoms with van der Waals surface area (Å²) in [4.78, 5) is 15.0. The number of nitrogen functional groups attached to an aromatic ring is 1. The normalized spacial score (nSPS) is 18.7. The van der Waals surface area contributed by atoms with Crippen molar-refractivity contribution in [3.05, 3.63) is 29.5 Å². The highest BCUT2D eigenvalue weighted by molar-refractivity contribution is 6.03. The molecule has 0 bridgehead atoms. The number of hydrogen-bond acceptors (Lipinski definition) is 3. The monoisotopic (exact) mass is 245 g/mol. The molecule has 3 rings (SSSR count). The lowest BCUT2D eigenvalue weighted by atomic mass is 9.90. The van der Waals surface area contributed by atoms with E-state index < -0.39 is 0 Å². The highest BCUT2D eigenvalue weighted by Crippen LogP contribution is 2.34. The van der Waals surface area contributed by atoms with Crippen LogP contribution in [0.4, 0.5) is 5.69 Å². The topological polar surface area (TPSA) is 91.1 Å². The van der Waals surface area contributed by atoms with Crippen LogP contribution in [0.2, 0.25) is 0 Å². The largest absolute Gasteiger partial charge is 0.399 e. The zero-order chi connectivity index (χ0) is 12.7. The van der Waals surface area contributed by atoms with E-state index in [0.29, 0.717) is 24.3 Å². The molecule has 2 aromatic rings. The number of nitrogens with one attached hydrogen (secondary N) is 2. The second-order valence-electron chi connectivity index (χ2n) is 4.64. The summed E-state index contributed by atoms with van der Waals surface area (Å²) in [7, 11) is 0. The summed E-state index contributed by atoms with van der Waals surface area (Å²) in [5, 5.41) is 12.9. The molecular formula is C13H15N3O2. The Labute approximate surface area is 104 Å². The number of hydrogen-bond donors (Lipinski definition) is 4. The van der Waals surface area contributed by atoms with E-state index in [0.717, 1.165) is 16.5 Å². The maximum atomic E-state index is 11.9. The number of carbonyl (C=O) groups is 1. The number of aromatic amines is 1. The summed E-state index contributed by atoms with van der Waals surface area (Å²) < 4.78 is 0. The van der Waals surface area contributed by atoms with Crippen molar-refractivity contribution in [3.63, 3.8) is 0 Å². The summed E-state index contributed by atoms with van der Waals surface area (Å²) in [6.07, 6.45) is 0.634. The minimum Gasteiger partial charge on any atom is -0.399 e. The zero-order valence-corrected chi connectivity index (χ0v) is 9.86. The number of amides is 1. The van der Waals surface area contributed by atoms with Crippen LogP contribution in [0.15, 0.2) is 18.2 Å². The van der Waals surface area contributed by atoms with E-state index >= 15 is 0 Å². The van der Waals surface area contributed by atoms with Crippen molar-refractivity contribution < 1.29 is 9.90 Å². The molecule has 1 aliphatic rings. The number of carbonyl (C=O) groups excluding carboxylic acids is 1. The lowest BCUT2D eigenvalue weighted by Crippen LogP contribution is -2.35. The number of benzene rings is 1. The van der Waals surface area contributed by atoms with Gasteiger partial charge in [-0.1, -0.05) is 0 Å². The number of H-pyrrole nitrogens is 1. The molecule has 2 heterocycles. The first kappa shape index (κ1) is 11.1. The highest BCUT2D eigenvalue weighted by atomic mass is 16.3. The Bertz CT molecular complexity index is 618. The van der Waals surface area contributed by atoms with Gasteiger partial charge in [0.25, 0.3) is 5.91 Å². The Hall–Kier alpha value is -2.01. The molecule has 1 aromatic carbocycles. The molecule has 5 nitrogen and oxygen atoms in total.